The zero-order valence-electron chi connectivity index (χ0n) is 7.74. The molecule has 0 atom stereocenters. The molecule has 0 saturated carbocycles. The van der Waals surface area contributed by atoms with Gasteiger partial charge in [-0.05, 0) is 15.9 Å². The summed E-state index contributed by atoms with van der Waals surface area (Å²) in [5.74, 6) is 0. The highest BCUT2D eigenvalue weighted by Gasteiger charge is 2.22. The molecule has 2 aromatic rings. The highest BCUT2D eigenvalue weighted by molar-refractivity contribution is 9.10. The van der Waals surface area contributed by atoms with E-state index in [0.29, 0.717) is 11.2 Å². The lowest BCUT2D eigenvalue weighted by atomic mass is 10.2. The largest absolute Gasteiger partial charge is 0.339 e. The molecule has 0 amide bonds. The lowest BCUT2D eigenvalue weighted by Crippen LogP contribution is -2.43. The van der Waals surface area contributed by atoms with Crippen LogP contribution >= 0.6 is 27.5 Å². The van der Waals surface area contributed by atoms with E-state index >= 15 is 0 Å². The number of rotatable bonds is 1. The van der Waals surface area contributed by atoms with Crippen LogP contribution in [0.15, 0.2) is 16.7 Å². The van der Waals surface area contributed by atoms with Crippen molar-refractivity contribution in [3.05, 3.63) is 21.9 Å². The number of hydrogen-bond acceptors (Lipinski definition) is 3. The fraction of sp³-hybridized carbons (Fsp3) is 0.333. The summed E-state index contributed by atoms with van der Waals surface area (Å²) in [6.07, 6.45) is 2.04. The molecule has 1 N–H and O–H groups in total. The molecule has 1 aliphatic rings. The molecule has 3 rings (SSSR count). The zero-order chi connectivity index (χ0) is 10.4. The molecule has 78 valence electrons. The molecule has 0 radical (unpaired) electrons. The Balaban J connectivity index is 2.24. The third-order valence-corrected chi connectivity index (χ3v) is 3.42. The van der Waals surface area contributed by atoms with Gasteiger partial charge in [0.15, 0.2) is 5.15 Å². The maximum absolute atomic E-state index is 5.85. The summed E-state index contributed by atoms with van der Waals surface area (Å²) in [7, 11) is 0. The summed E-state index contributed by atoms with van der Waals surface area (Å²) in [6, 6.07) is 2.35. The van der Waals surface area contributed by atoms with Gasteiger partial charge < -0.3 is 9.88 Å². The molecule has 0 aliphatic carbocycles. The first kappa shape index (κ1) is 9.57. The average Bonchev–Trinajstić information content (AvgIpc) is 2.41. The van der Waals surface area contributed by atoms with Crippen LogP contribution in [0, 0.1) is 0 Å². The van der Waals surface area contributed by atoms with Crippen LogP contribution in [-0.4, -0.2) is 27.9 Å². The zero-order valence-corrected chi connectivity index (χ0v) is 10.1. The van der Waals surface area contributed by atoms with Crippen LogP contribution in [-0.2, 0) is 0 Å². The van der Waals surface area contributed by atoms with Crippen LogP contribution in [0.25, 0.3) is 11.0 Å². The van der Waals surface area contributed by atoms with Crippen LogP contribution in [0.4, 0.5) is 0 Å². The maximum atomic E-state index is 5.85. The van der Waals surface area contributed by atoms with Gasteiger partial charge in [0, 0.05) is 25.4 Å². The van der Waals surface area contributed by atoms with Crippen molar-refractivity contribution in [1.29, 1.82) is 0 Å². The summed E-state index contributed by atoms with van der Waals surface area (Å²) in [4.78, 5) is 0. The summed E-state index contributed by atoms with van der Waals surface area (Å²) < 4.78 is 3.16. The van der Waals surface area contributed by atoms with E-state index in [1.54, 1.807) is 0 Å². The second-order valence-corrected chi connectivity index (χ2v) is 4.84. The van der Waals surface area contributed by atoms with Gasteiger partial charge in [0.05, 0.1) is 16.0 Å². The third kappa shape index (κ3) is 1.46. The average molecular weight is 288 g/mol. The molecule has 0 bridgehead atoms. The van der Waals surface area contributed by atoms with Gasteiger partial charge in [0.2, 0.25) is 0 Å². The predicted molar refractivity (Wildman–Crippen MR) is 62.1 cm³/mol. The fourth-order valence-electron chi connectivity index (χ4n) is 1.75. The molecule has 2 aromatic heterocycles. The minimum atomic E-state index is 0.432. The number of hydrogen-bond donors (Lipinski definition) is 1. The van der Waals surface area contributed by atoms with Crippen molar-refractivity contribution < 1.29 is 0 Å². The fourth-order valence-corrected chi connectivity index (χ4v) is 2.40. The molecule has 15 heavy (non-hydrogen) atoms. The van der Waals surface area contributed by atoms with E-state index in [9.17, 15) is 0 Å². The van der Waals surface area contributed by atoms with Crippen LogP contribution in [0.2, 0.25) is 5.15 Å². The Morgan fingerprint density at radius 1 is 1.47 bits per heavy atom. The lowest BCUT2D eigenvalue weighted by Gasteiger charge is -2.29. The van der Waals surface area contributed by atoms with E-state index in [1.807, 2.05) is 12.3 Å². The Hall–Kier alpha value is -0.650. The number of halogens is 2. The van der Waals surface area contributed by atoms with E-state index < -0.39 is 0 Å². The summed E-state index contributed by atoms with van der Waals surface area (Å²) in [5, 5.41) is 11.6. The van der Waals surface area contributed by atoms with E-state index in [1.165, 1.54) is 0 Å². The van der Waals surface area contributed by atoms with Crippen LogP contribution in [0.1, 0.15) is 6.04 Å². The van der Waals surface area contributed by atoms with Crippen molar-refractivity contribution in [3.8, 4) is 0 Å². The predicted octanol–water partition coefficient (Wildman–Crippen LogP) is 1.99. The smallest absolute Gasteiger partial charge is 0.153 e. The molecular formula is C9H8BrClN4. The number of nitrogens with zero attached hydrogens (tertiary/aromatic N) is 3. The van der Waals surface area contributed by atoms with Crippen molar-refractivity contribution in [2.24, 2.45) is 0 Å². The van der Waals surface area contributed by atoms with Crippen molar-refractivity contribution in [2.45, 2.75) is 6.04 Å². The molecule has 0 unspecified atom stereocenters. The minimum Gasteiger partial charge on any atom is -0.339 e. The molecule has 1 saturated heterocycles. The monoisotopic (exact) mass is 286 g/mol. The normalized spacial score (nSPS) is 16.9. The van der Waals surface area contributed by atoms with Crippen LogP contribution in [0.3, 0.4) is 0 Å². The minimum absolute atomic E-state index is 0.432. The topological polar surface area (TPSA) is 42.7 Å². The van der Waals surface area contributed by atoms with Crippen molar-refractivity contribution >= 4 is 38.6 Å². The van der Waals surface area contributed by atoms with Crippen molar-refractivity contribution in [1.82, 2.24) is 20.1 Å². The van der Waals surface area contributed by atoms with Gasteiger partial charge in [-0.25, -0.2) is 0 Å². The molecule has 0 aromatic carbocycles. The van der Waals surface area contributed by atoms with E-state index in [-0.39, 0.29) is 0 Å². The standard InChI is InChI=1S/C9H8BrClN4/c10-6-4-15(5-2-12-3-5)7-1-8(11)13-14-9(6)7/h1,4-5,12H,2-3H2. The molecule has 4 nitrogen and oxygen atoms in total. The molecule has 1 fully saturated rings. The van der Waals surface area contributed by atoms with E-state index in [4.69, 9.17) is 11.6 Å². The number of aromatic nitrogens is 3. The van der Waals surface area contributed by atoms with Crippen LogP contribution in [0.5, 0.6) is 0 Å². The van der Waals surface area contributed by atoms with Gasteiger partial charge in [0.25, 0.3) is 0 Å². The summed E-state index contributed by atoms with van der Waals surface area (Å²) in [5.41, 5.74) is 1.90. The third-order valence-electron chi connectivity index (χ3n) is 2.65. The van der Waals surface area contributed by atoms with Gasteiger partial charge in [-0.2, -0.15) is 0 Å². The van der Waals surface area contributed by atoms with Gasteiger partial charge in [-0.15, -0.1) is 10.2 Å². The summed E-state index contributed by atoms with van der Waals surface area (Å²) in [6.45, 7) is 1.99. The lowest BCUT2D eigenvalue weighted by molar-refractivity contribution is 0.351. The van der Waals surface area contributed by atoms with Gasteiger partial charge in [-0.3, -0.25) is 0 Å². The second-order valence-electron chi connectivity index (χ2n) is 3.60. The molecular weight excluding hydrogens is 279 g/mol. The first-order valence-electron chi connectivity index (χ1n) is 4.65. The van der Waals surface area contributed by atoms with E-state index in [0.717, 1.165) is 28.6 Å². The molecule has 0 spiro atoms. The Kier molecular flexibility index (Phi) is 2.19. The Morgan fingerprint density at radius 3 is 2.93 bits per heavy atom. The molecule has 1 aliphatic heterocycles. The number of nitrogens with one attached hydrogen (secondary N) is 1. The Labute approximate surface area is 99.7 Å². The Morgan fingerprint density at radius 2 is 2.27 bits per heavy atom. The quantitative estimate of drug-likeness (QED) is 0.872. The van der Waals surface area contributed by atoms with Gasteiger partial charge >= 0.3 is 0 Å². The maximum Gasteiger partial charge on any atom is 0.153 e. The first-order valence-corrected chi connectivity index (χ1v) is 5.83. The molecule has 3 heterocycles. The van der Waals surface area contributed by atoms with Gasteiger partial charge in [-0.1, -0.05) is 11.6 Å². The first-order chi connectivity index (χ1) is 7.25. The summed E-state index contributed by atoms with van der Waals surface area (Å²) >= 11 is 9.32. The van der Waals surface area contributed by atoms with Crippen LogP contribution < -0.4 is 5.32 Å². The van der Waals surface area contributed by atoms with E-state index in [2.05, 4.69) is 36.0 Å². The highest BCUT2D eigenvalue weighted by Crippen LogP contribution is 2.29. The highest BCUT2D eigenvalue weighted by atomic mass is 79.9. The SMILES string of the molecule is Clc1cc2c(nn1)c(Br)cn2C1CNC1. The number of fused-ring (bicyclic) bond motifs is 1. The Bertz CT molecular complexity index is 520. The molecule has 6 heteroatoms. The second kappa shape index (κ2) is 3.43. The van der Waals surface area contributed by atoms with Crippen molar-refractivity contribution in [2.75, 3.05) is 13.1 Å². The van der Waals surface area contributed by atoms with Crippen molar-refractivity contribution in [3.63, 3.8) is 0 Å². The van der Waals surface area contributed by atoms with Gasteiger partial charge in [0.1, 0.15) is 5.52 Å².